The van der Waals surface area contributed by atoms with Gasteiger partial charge in [-0.2, -0.15) is 0 Å². The zero-order valence-electron chi connectivity index (χ0n) is 10.7. The molecule has 0 aliphatic carbocycles. The first-order valence-electron chi connectivity index (χ1n) is 5.58. The molecule has 0 radical (unpaired) electrons. The van der Waals surface area contributed by atoms with Crippen molar-refractivity contribution in [1.82, 2.24) is 0 Å². The van der Waals surface area contributed by atoms with Crippen LogP contribution in [0, 0.1) is 19.3 Å². The van der Waals surface area contributed by atoms with Gasteiger partial charge in [0.1, 0.15) is 0 Å². The third-order valence-electron chi connectivity index (χ3n) is 2.94. The van der Waals surface area contributed by atoms with Crippen molar-refractivity contribution in [2.45, 2.75) is 34.1 Å². The number of carbonyl (C=O) groups is 2. The van der Waals surface area contributed by atoms with Crippen LogP contribution in [0.4, 0.5) is 0 Å². The summed E-state index contributed by atoms with van der Waals surface area (Å²) in [6.45, 7) is 6.88. The number of aliphatic carboxylic acids is 1. The van der Waals surface area contributed by atoms with Crippen molar-refractivity contribution >= 4 is 11.8 Å². The molecule has 1 rings (SSSR count). The Bertz CT molecular complexity index is 438. The lowest BCUT2D eigenvalue weighted by Gasteiger charge is -2.19. The molecule has 17 heavy (non-hydrogen) atoms. The van der Waals surface area contributed by atoms with Gasteiger partial charge in [0, 0.05) is 12.0 Å². The van der Waals surface area contributed by atoms with Crippen molar-refractivity contribution in [2.24, 2.45) is 5.41 Å². The molecule has 1 aromatic carbocycles. The molecule has 3 nitrogen and oxygen atoms in total. The minimum absolute atomic E-state index is 0.0219. The summed E-state index contributed by atoms with van der Waals surface area (Å²) in [6, 6.07) is 5.63. The first-order valence-corrected chi connectivity index (χ1v) is 5.58. The van der Waals surface area contributed by atoms with Gasteiger partial charge in [-0.25, -0.2) is 0 Å². The largest absolute Gasteiger partial charge is 0.481 e. The number of hydrogen-bond acceptors (Lipinski definition) is 2. The van der Waals surface area contributed by atoms with Crippen molar-refractivity contribution in [3.8, 4) is 0 Å². The minimum atomic E-state index is -1.02. The summed E-state index contributed by atoms with van der Waals surface area (Å²) < 4.78 is 0. The van der Waals surface area contributed by atoms with Gasteiger partial charge in [0.2, 0.25) is 0 Å². The lowest BCUT2D eigenvalue weighted by atomic mass is 9.84. The van der Waals surface area contributed by atoms with Crippen LogP contribution in [0.2, 0.25) is 0 Å². The van der Waals surface area contributed by atoms with Gasteiger partial charge in [-0.15, -0.1) is 0 Å². The molecule has 0 amide bonds. The number of carboxylic acid groups (broad SMARTS) is 1. The zero-order chi connectivity index (χ0) is 13.2. The van der Waals surface area contributed by atoms with Gasteiger partial charge in [0.05, 0.1) is 5.41 Å². The van der Waals surface area contributed by atoms with E-state index in [1.54, 1.807) is 13.8 Å². The molecule has 0 spiro atoms. The third kappa shape index (κ3) is 2.93. The highest BCUT2D eigenvalue weighted by molar-refractivity contribution is 6.01. The number of Topliss-reactive ketones (excluding diaryl/α,β-unsaturated/α-hetero) is 1. The molecule has 1 aromatic rings. The van der Waals surface area contributed by atoms with E-state index >= 15 is 0 Å². The van der Waals surface area contributed by atoms with E-state index < -0.39 is 11.4 Å². The van der Waals surface area contributed by atoms with Crippen LogP contribution in [0.3, 0.4) is 0 Å². The lowest BCUT2D eigenvalue weighted by molar-refractivity contribution is -0.146. The normalized spacial score (nSPS) is 11.3. The van der Waals surface area contributed by atoms with Crippen molar-refractivity contribution in [2.75, 3.05) is 0 Å². The average molecular weight is 234 g/mol. The van der Waals surface area contributed by atoms with E-state index in [9.17, 15) is 9.59 Å². The fourth-order valence-electron chi connectivity index (χ4n) is 1.82. The smallest absolute Gasteiger partial charge is 0.309 e. The third-order valence-corrected chi connectivity index (χ3v) is 2.94. The second kappa shape index (κ2) is 4.70. The van der Waals surface area contributed by atoms with Crippen LogP contribution in [0.25, 0.3) is 0 Å². The van der Waals surface area contributed by atoms with Gasteiger partial charge in [0.15, 0.2) is 5.78 Å². The van der Waals surface area contributed by atoms with Crippen LogP contribution in [0.5, 0.6) is 0 Å². The second-order valence-corrected chi connectivity index (χ2v) is 5.06. The van der Waals surface area contributed by atoms with Crippen LogP contribution < -0.4 is 0 Å². The van der Waals surface area contributed by atoms with E-state index in [1.165, 1.54) is 0 Å². The summed E-state index contributed by atoms with van der Waals surface area (Å²) in [5.74, 6) is -1.05. The van der Waals surface area contributed by atoms with Gasteiger partial charge in [-0.3, -0.25) is 9.59 Å². The molecule has 0 saturated heterocycles. The number of ketones is 1. The monoisotopic (exact) mass is 234 g/mol. The fraction of sp³-hybridized carbons (Fsp3) is 0.429. The first kappa shape index (κ1) is 13.4. The minimum Gasteiger partial charge on any atom is -0.481 e. The van der Waals surface area contributed by atoms with Crippen LogP contribution in [0.15, 0.2) is 18.2 Å². The summed E-state index contributed by atoms with van der Waals surface area (Å²) in [5.41, 5.74) is 1.43. The summed E-state index contributed by atoms with van der Waals surface area (Å²) >= 11 is 0. The van der Waals surface area contributed by atoms with Crippen molar-refractivity contribution < 1.29 is 14.7 Å². The molecule has 0 unspecified atom stereocenters. The Balaban J connectivity index is 3.03. The first-order chi connectivity index (χ1) is 7.75. The molecule has 3 heteroatoms. The Morgan fingerprint density at radius 1 is 1.18 bits per heavy atom. The molecule has 0 bridgehead atoms. The van der Waals surface area contributed by atoms with E-state index in [0.29, 0.717) is 5.56 Å². The molecule has 0 aliphatic heterocycles. The molecule has 0 heterocycles. The maximum absolute atomic E-state index is 12.1. The second-order valence-electron chi connectivity index (χ2n) is 5.06. The van der Waals surface area contributed by atoms with E-state index in [0.717, 1.165) is 11.1 Å². The maximum atomic E-state index is 12.1. The van der Waals surface area contributed by atoms with Crippen molar-refractivity contribution in [3.63, 3.8) is 0 Å². The molecule has 0 saturated carbocycles. The van der Waals surface area contributed by atoms with E-state index in [-0.39, 0.29) is 12.2 Å². The van der Waals surface area contributed by atoms with Crippen LogP contribution >= 0.6 is 0 Å². The quantitative estimate of drug-likeness (QED) is 0.815. The number of carboxylic acids is 1. The topological polar surface area (TPSA) is 54.4 Å². The molecular weight excluding hydrogens is 216 g/mol. The maximum Gasteiger partial charge on any atom is 0.309 e. The zero-order valence-corrected chi connectivity index (χ0v) is 10.7. The Hall–Kier alpha value is -1.64. The Labute approximate surface area is 101 Å². The predicted octanol–water partition coefficient (Wildman–Crippen LogP) is 2.99. The van der Waals surface area contributed by atoms with Gasteiger partial charge < -0.3 is 5.11 Å². The predicted molar refractivity (Wildman–Crippen MR) is 66.3 cm³/mol. The molecule has 0 aromatic heterocycles. The molecule has 0 fully saturated rings. The molecule has 0 aliphatic rings. The van der Waals surface area contributed by atoms with Crippen LogP contribution in [-0.2, 0) is 4.79 Å². The van der Waals surface area contributed by atoms with E-state index in [4.69, 9.17) is 5.11 Å². The number of carbonyl (C=O) groups excluding carboxylic acids is 1. The molecule has 92 valence electrons. The van der Waals surface area contributed by atoms with Gasteiger partial charge >= 0.3 is 5.97 Å². The van der Waals surface area contributed by atoms with Gasteiger partial charge in [0.25, 0.3) is 0 Å². The van der Waals surface area contributed by atoms with Gasteiger partial charge in [-0.05, 0) is 38.8 Å². The van der Waals surface area contributed by atoms with E-state index in [2.05, 4.69) is 0 Å². The lowest BCUT2D eigenvalue weighted by Crippen LogP contribution is -2.27. The SMILES string of the molecule is Cc1cccc(C)c1C(=O)CC(C)(C)C(=O)O. The summed E-state index contributed by atoms with van der Waals surface area (Å²) in [5, 5.41) is 9.02. The Kier molecular flexibility index (Phi) is 3.71. The highest BCUT2D eigenvalue weighted by Crippen LogP contribution is 2.25. The number of hydrogen-bond donors (Lipinski definition) is 1. The summed E-state index contributed by atoms with van der Waals surface area (Å²) in [6.07, 6.45) is 0.0219. The Morgan fingerprint density at radius 2 is 1.65 bits per heavy atom. The highest BCUT2D eigenvalue weighted by atomic mass is 16.4. The highest BCUT2D eigenvalue weighted by Gasteiger charge is 2.31. The number of benzene rings is 1. The van der Waals surface area contributed by atoms with Crippen LogP contribution in [0.1, 0.15) is 41.8 Å². The molecular formula is C14H18O3. The molecule has 0 atom stereocenters. The fourth-order valence-corrected chi connectivity index (χ4v) is 1.82. The van der Waals surface area contributed by atoms with Crippen molar-refractivity contribution in [1.29, 1.82) is 0 Å². The average Bonchev–Trinajstić information content (AvgIpc) is 2.15. The van der Waals surface area contributed by atoms with Crippen molar-refractivity contribution in [3.05, 3.63) is 34.9 Å². The van der Waals surface area contributed by atoms with Gasteiger partial charge in [-0.1, -0.05) is 18.2 Å². The Morgan fingerprint density at radius 3 is 2.06 bits per heavy atom. The van der Waals surface area contributed by atoms with Crippen LogP contribution in [-0.4, -0.2) is 16.9 Å². The molecule has 1 N–H and O–H groups in total. The summed E-state index contributed by atoms with van der Waals surface area (Å²) in [4.78, 5) is 23.1. The summed E-state index contributed by atoms with van der Waals surface area (Å²) in [7, 11) is 0. The number of aryl methyl sites for hydroxylation is 2. The standard InChI is InChI=1S/C14H18O3/c1-9-6-5-7-10(2)12(9)11(15)8-14(3,4)13(16)17/h5-7H,8H2,1-4H3,(H,16,17). The van der Waals surface area contributed by atoms with E-state index in [1.807, 2.05) is 32.0 Å². The number of rotatable bonds is 4.